The van der Waals surface area contributed by atoms with Crippen molar-refractivity contribution in [1.29, 1.82) is 0 Å². The summed E-state index contributed by atoms with van der Waals surface area (Å²) in [5.41, 5.74) is 2.32. The molecule has 1 amide bonds. The van der Waals surface area contributed by atoms with E-state index in [9.17, 15) is 4.79 Å². The highest BCUT2D eigenvalue weighted by atomic mass is 35.5. The van der Waals surface area contributed by atoms with Crippen LogP contribution in [0.4, 0.5) is 0 Å². The van der Waals surface area contributed by atoms with Gasteiger partial charge in [0.15, 0.2) is 5.96 Å². The molecule has 2 aromatic rings. The lowest BCUT2D eigenvalue weighted by atomic mass is 10.1. The van der Waals surface area contributed by atoms with Crippen molar-refractivity contribution >= 4 is 34.4 Å². The molecule has 2 fully saturated rings. The van der Waals surface area contributed by atoms with Crippen LogP contribution in [0.2, 0.25) is 5.02 Å². The van der Waals surface area contributed by atoms with Gasteiger partial charge in [-0.05, 0) is 56.4 Å². The third kappa shape index (κ3) is 4.91. The Hall–Kier alpha value is -2.21. The molecule has 0 spiro atoms. The van der Waals surface area contributed by atoms with E-state index in [1.54, 1.807) is 0 Å². The minimum absolute atomic E-state index is 0.260. The van der Waals surface area contributed by atoms with E-state index in [4.69, 9.17) is 16.6 Å². The number of nitrogens with zero attached hydrogens (tertiary/aromatic N) is 2. The van der Waals surface area contributed by atoms with Gasteiger partial charge in [0.25, 0.3) is 0 Å². The van der Waals surface area contributed by atoms with Crippen molar-refractivity contribution in [2.24, 2.45) is 10.9 Å². The zero-order chi connectivity index (χ0) is 20.9. The summed E-state index contributed by atoms with van der Waals surface area (Å²) in [6, 6.07) is 6.18. The second kappa shape index (κ2) is 9.73. The summed E-state index contributed by atoms with van der Waals surface area (Å²) in [4.78, 5) is 22.8. The molecule has 7 heteroatoms. The van der Waals surface area contributed by atoms with Gasteiger partial charge in [0.2, 0.25) is 5.91 Å². The molecule has 6 nitrogen and oxygen atoms in total. The van der Waals surface area contributed by atoms with Gasteiger partial charge >= 0.3 is 0 Å². The number of hydrogen-bond donors (Lipinski definition) is 3. The van der Waals surface area contributed by atoms with Crippen LogP contribution in [0.15, 0.2) is 29.4 Å². The van der Waals surface area contributed by atoms with E-state index >= 15 is 0 Å². The largest absolute Gasteiger partial charge is 0.361 e. The number of H-pyrrole nitrogens is 1. The van der Waals surface area contributed by atoms with E-state index in [0.717, 1.165) is 67.2 Å². The minimum Gasteiger partial charge on any atom is -0.361 e. The Kier molecular flexibility index (Phi) is 6.82. The lowest BCUT2D eigenvalue weighted by molar-refractivity contribution is -0.134. The zero-order valence-electron chi connectivity index (χ0n) is 17.7. The van der Waals surface area contributed by atoms with Crippen LogP contribution in [0.25, 0.3) is 10.9 Å². The van der Waals surface area contributed by atoms with E-state index in [0.29, 0.717) is 12.5 Å². The number of nitrogens with one attached hydrogen (secondary N) is 3. The monoisotopic (exact) mass is 429 g/mol. The lowest BCUT2D eigenvalue weighted by Crippen LogP contribution is -2.45. The third-order valence-corrected chi connectivity index (χ3v) is 6.51. The molecule has 2 aliphatic rings. The summed E-state index contributed by atoms with van der Waals surface area (Å²) in [6.45, 7) is 5.20. The maximum Gasteiger partial charge on any atom is 0.225 e. The summed E-state index contributed by atoms with van der Waals surface area (Å²) in [7, 11) is 0. The standard InChI is InChI=1S/C23H32ClN5O/c1-2-25-23(26-11-9-17-14-27-21-8-7-18(24)13-20(17)21)28-19-10-12-29(15-19)22(30)16-5-3-4-6-16/h7-8,13-14,16,19,27H,2-6,9-12,15H2,1H3,(H2,25,26,28). The fraction of sp³-hybridized carbons (Fsp3) is 0.565. The van der Waals surface area contributed by atoms with Gasteiger partial charge in [-0.1, -0.05) is 24.4 Å². The van der Waals surface area contributed by atoms with Gasteiger partial charge < -0.3 is 20.5 Å². The molecule has 1 saturated heterocycles. The van der Waals surface area contributed by atoms with Gasteiger partial charge in [0.05, 0.1) is 0 Å². The number of aromatic nitrogens is 1. The van der Waals surface area contributed by atoms with Crippen LogP contribution in [-0.4, -0.2) is 54.0 Å². The van der Waals surface area contributed by atoms with Gasteiger partial charge in [-0.15, -0.1) is 0 Å². The molecule has 0 radical (unpaired) electrons. The van der Waals surface area contributed by atoms with E-state index in [2.05, 4.69) is 22.5 Å². The summed E-state index contributed by atoms with van der Waals surface area (Å²) < 4.78 is 0. The predicted octanol–water partition coefficient (Wildman–Crippen LogP) is 3.71. The van der Waals surface area contributed by atoms with Crippen LogP contribution in [0.1, 0.15) is 44.6 Å². The Balaban J connectivity index is 1.32. The molecule has 30 heavy (non-hydrogen) atoms. The van der Waals surface area contributed by atoms with Gasteiger partial charge in [-0.2, -0.15) is 0 Å². The first-order valence-electron chi connectivity index (χ1n) is 11.2. The van der Waals surface area contributed by atoms with Crippen LogP contribution in [0.5, 0.6) is 0 Å². The number of aromatic amines is 1. The van der Waals surface area contributed by atoms with Crippen molar-refractivity contribution in [2.75, 3.05) is 26.2 Å². The van der Waals surface area contributed by atoms with Crippen molar-refractivity contribution in [3.05, 3.63) is 35.0 Å². The zero-order valence-corrected chi connectivity index (χ0v) is 18.5. The van der Waals surface area contributed by atoms with Crippen molar-refractivity contribution in [3.63, 3.8) is 0 Å². The smallest absolute Gasteiger partial charge is 0.225 e. The van der Waals surface area contributed by atoms with Crippen LogP contribution in [0.3, 0.4) is 0 Å². The van der Waals surface area contributed by atoms with Crippen LogP contribution >= 0.6 is 11.6 Å². The molecule has 1 aliphatic carbocycles. The highest BCUT2D eigenvalue weighted by Gasteiger charge is 2.32. The Morgan fingerprint density at radius 2 is 2.13 bits per heavy atom. The fourth-order valence-corrected chi connectivity index (χ4v) is 4.84. The number of fused-ring (bicyclic) bond motifs is 1. The average molecular weight is 430 g/mol. The number of guanidine groups is 1. The van der Waals surface area contributed by atoms with Crippen molar-refractivity contribution < 1.29 is 4.79 Å². The van der Waals surface area contributed by atoms with Gasteiger partial charge in [0.1, 0.15) is 0 Å². The summed E-state index contributed by atoms with van der Waals surface area (Å²) >= 11 is 6.15. The van der Waals surface area contributed by atoms with Crippen molar-refractivity contribution in [3.8, 4) is 0 Å². The Labute approximate surface area is 183 Å². The van der Waals surface area contributed by atoms with Crippen LogP contribution in [0, 0.1) is 5.92 Å². The molecule has 1 atom stereocenters. The number of hydrogen-bond acceptors (Lipinski definition) is 2. The lowest BCUT2D eigenvalue weighted by Gasteiger charge is -2.21. The number of benzene rings is 1. The molecule has 1 aromatic heterocycles. The summed E-state index contributed by atoms with van der Waals surface area (Å²) in [6.07, 6.45) is 8.39. The molecule has 0 bridgehead atoms. The molecule has 1 aliphatic heterocycles. The summed E-state index contributed by atoms with van der Waals surface area (Å²) in [5, 5.41) is 8.79. The number of likely N-dealkylation sites (tertiary alicyclic amines) is 1. The third-order valence-electron chi connectivity index (χ3n) is 6.27. The van der Waals surface area contributed by atoms with Gasteiger partial charge in [0, 0.05) is 60.3 Å². The predicted molar refractivity (Wildman–Crippen MR) is 123 cm³/mol. The van der Waals surface area contributed by atoms with E-state index in [1.807, 2.05) is 29.3 Å². The number of halogens is 1. The average Bonchev–Trinajstić information content (AvgIpc) is 3.49. The molecule has 1 unspecified atom stereocenters. The first-order valence-corrected chi connectivity index (χ1v) is 11.6. The SMILES string of the molecule is CCNC(=NCCc1c[nH]c2ccc(Cl)cc12)NC1CCN(C(=O)C2CCCC2)C1. The number of carbonyl (C=O) groups is 1. The molecule has 1 saturated carbocycles. The topological polar surface area (TPSA) is 72.5 Å². The van der Waals surface area contributed by atoms with Crippen molar-refractivity contribution in [1.82, 2.24) is 20.5 Å². The molecule has 162 valence electrons. The molecule has 2 heterocycles. The second-order valence-electron chi connectivity index (χ2n) is 8.41. The molecule has 1 aromatic carbocycles. The van der Waals surface area contributed by atoms with Crippen molar-refractivity contribution in [2.45, 2.75) is 51.5 Å². The second-order valence-corrected chi connectivity index (χ2v) is 8.85. The maximum absolute atomic E-state index is 12.7. The van der Waals surface area contributed by atoms with E-state index in [-0.39, 0.29) is 12.0 Å². The highest BCUT2D eigenvalue weighted by Crippen LogP contribution is 2.28. The Morgan fingerprint density at radius 3 is 2.93 bits per heavy atom. The summed E-state index contributed by atoms with van der Waals surface area (Å²) in [5.74, 6) is 1.45. The molecular weight excluding hydrogens is 398 g/mol. The number of amides is 1. The first kappa shape index (κ1) is 21.0. The van der Waals surface area contributed by atoms with Crippen LogP contribution in [-0.2, 0) is 11.2 Å². The number of aliphatic imine (C=N–C) groups is 1. The first-order chi connectivity index (χ1) is 14.6. The Morgan fingerprint density at radius 1 is 1.30 bits per heavy atom. The minimum atomic E-state index is 0.260. The number of carbonyl (C=O) groups excluding carboxylic acids is 1. The van der Waals surface area contributed by atoms with Gasteiger partial charge in [-0.3, -0.25) is 9.79 Å². The molecule has 3 N–H and O–H groups in total. The highest BCUT2D eigenvalue weighted by molar-refractivity contribution is 6.31. The maximum atomic E-state index is 12.7. The molecule has 4 rings (SSSR count). The fourth-order valence-electron chi connectivity index (χ4n) is 4.67. The molecular formula is C23H32ClN5O. The van der Waals surface area contributed by atoms with Gasteiger partial charge in [-0.25, -0.2) is 0 Å². The Bertz CT molecular complexity index is 902. The van der Waals surface area contributed by atoms with E-state index < -0.39 is 0 Å². The quantitative estimate of drug-likeness (QED) is 0.484. The van der Waals surface area contributed by atoms with E-state index in [1.165, 1.54) is 18.4 Å². The number of rotatable bonds is 6. The normalized spacial score (nSPS) is 20.3. The van der Waals surface area contributed by atoms with Crippen LogP contribution < -0.4 is 10.6 Å².